The number of carbonyl (C=O) groups is 1. The van der Waals surface area contributed by atoms with Gasteiger partial charge >= 0.3 is 0 Å². The Hall–Kier alpha value is -2.81. The van der Waals surface area contributed by atoms with Gasteiger partial charge in [0.05, 0.1) is 6.10 Å². The van der Waals surface area contributed by atoms with E-state index in [2.05, 4.69) is 5.32 Å². The fourth-order valence-electron chi connectivity index (χ4n) is 2.88. The summed E-state index contributed by atoms with van der Waals surface area (Å²) in [4.78, 5) is 12.3. The van der Waals surface area contributed by atoms with E-state index in [0.29, 0.717) is 29.5 Å². The Kier molecular flexibility index (Phi) is 7.07. The summed E-state index contributed by atoms with van der Waals surface area (Å²) in [5.74, 6) is 0.183. The first-order chi connectivity index (χ1) is 13.7. The Labute approximate surface area is 169 Å². The molecule has 144 valence electrons. The predicted octanol–water partition coefficient (Wildman–Crippen LogP) is 4.12. The number of nitrogens with one attached hydrogen (secondary N) is 1. The van der Waals surface area contributed by atoms with E-state index >= 15 is 0 Å². The van der Waals surface area contributed by atoms with Gasteiger partial charge in [0, 0.05) is 23.7 Å². The van der Waals surface area contributed by atoms with Crippen LogP contribution in [0.2, 0.25) is 5.02 Å². The molecule has 1 aliphatic rings. The third-order valence-corrected chi connectivity index (χ3v) is 4.66. The lowest BCUT2D eigenvalue weighted by Gasteiger charge is -2.11. The summed E-state index contributed by atoms with van der Waals surface area (Å²) in [6.45, 7) is 1.49. The Balaban J connectivity index is 1.67. The van der Waals surface area contributed by atoms with Gasteiger partial charge in [-0.25, -0.2) is 0 Å². The number of rotatable bonds is 7. The number of para-hydroxylation sites is 1. The van der Waals surface area contributed by atoms with Crippen LogP contribution in [0.25, 0.3) is 6.08 Å². The third kappa shape index (κ3) is 5.59. The minimum Gasteiger partial charge on any atom is -0.488 e. The third-order valence-electron chi connectivity index (χ3n) is 4.41. The molecule has 0 bridgehead atoms. The van der Waals surface area contributed by atoms with Crippen molar-refractivity contribution in [1.82, 2.24) is 5.32 Å². The highest BCUT2D eigenvalue weighted by molar-refractivity contribution is 6.30. The van der Waals surface area contributed by atoms with Crippen molar-refractivity contribution in [1.29, 1.82) is 5.26 Å². The van der Waals surface area contributed by atoms with Crippen LogP contribution < -0.4 is 10.1 Å². The number of hydrogen-bond acceptors (Lipinski definition) is 4. The minimum atomic E-state index is -0.412. The van der Waals surface area contributed by atoms with Gasteiger partial charge in [0.25, 0.3) is 5.91 Å². The summed E-state index contributed by atoms with van der Waals surface area (Å²) >= 11 is 5.90. The normalized spacial score (nSPS) is 16.4. The number of amides is 1. The molecule has 1 aliphatic heterocycles. The largest absolute Gasteiger partial charge is 0.488 e. The summed E-state index contributed by atoms with van der Waals surface area (Å²) in [7, 11) is 0. The highest BCUT2D eigenvalue weighted by Crippen LogP contribution is 2.22. The Morgan fingerprint density at radius 3 is 2.79 bits per heavy atom. The number of nitriles is 1. The Bertz CT molecular complexity index is 881. The van der Waals surface area contributed by atoms with Crippen LogP contribution in [0.4, 0.5) is 0 Å². The lowest BCUT2D eigenvalue weighted by Crippen LogP contribution is -2.32. The maximum Gasteiger partial charge on any atom is 0.262 e. The number of halogens is 1. The first-order valence-electron chi connectivity index (χ1n) is 9.13. The molecule has 1 fully saturated rings. The van der Waals surface area contributed by atoms with Gasteiger partial charge in [0.15, 0.2) is 0 Å². The SMILES string of the molecule is N#C/C(=C\c1ccccc1OCc1ccc(Cl)cc1)C(=O)NCC1CCCO1. The fourth-order valence-corrected chi connectivity index (χ4v) is 3.01. The summed E-state index contributed by atoms with van der Waals surface area (Å²) < 4.78 is 11.4. The van der Waals surface area contributed by atoms with Crippen LogP contribution >= 0.6 is 11.6 Å². The molecule has 0 radical (unpaired) electrons. The molecule has 1 saturated heterocycles. The molecular weight excluding hydrogens is 376 g/mol. The maximum atomic E-state index is 12.3. The van der Waals surface area contributed by atoms with Crippen LogP contribution in [-0.4, -0.2) is 25.2 Å². The Morgan fingerprint density at radius 1 is 1.29 bits per heavy atom. The van der Waals surface area contributed by atoms with E-state index in [1.165, 1.54) is 0 Å². The van der Waals surface area contributed by atoms with Gasteiger partial charge in [-0.3, -0.25) is 4.79 Å². The first kappa shape index (κ1) is 19.9. The number of hydrogen-bond donors (Lipinski definition) is 1. The van der Waals surface area contributed by atoms with Crippen LogP contribution in [0.1, 0.15) is 24.0 Å². The molecule has 28 heavy (non-hydrogen) atoms. The minimum absolute atomic E-state index is 0.0267. The topological polar surface area (TPSA) is 71.3 Å². The highest BCUT2D eigenvalue weighted by atomic mass is 35.5. The zero-order chi connectivity index (χ0) is 19.8. The van der Waals surface area contributed by atoms with Crippen LogP contribution in [0.5, 0.6) is 5.75 Å². The van der Waals surface area contributed by atoms with Gasteiger partial charge < -0.3 is 14.8 Å². The molecule has 1 amide bonds. The molecule has 3 rings (SSSR count). The van der Waals surface area contributed by atoms with E-state index in [4.69, 9.17) is 21.1 Å². The molecule has 1 N–H and O–H groups in total. The molecule has 2 aromatic carbocycles. The van der Waals surface area contributed by atoms with Crippen molar-refractivity contribution in [3.8, 4) is 11.8 Å². The molecule has 6 heteroatoms. The molecule has 0 spiro atoms. The van der Waals surface area contributed by atoms with Crippen molar-refractivity contribution < 1.29 is 14.3 Å². The number of ether oxygens (including phenoxy) is 2. The molecule has 0 saturated carbocycles. The van der Waals surface area contributed by atoms with Crippen molar-refractivity contribution in [3.05, 3.63) is 70.3 Å². The molecule has 1 atom stereocenters. The molecule has 2 aromatic rings. The van der Waals surface area contributed by atoms with Gasteiger partial charge in [-0.2, -0.15) is 5.26 Å². The molecule has 0 aliphatic carbocycles. The van der Waals surface area contributed by atoms with E-state index < -0.39 is 5.91 Å². The Morgan fingerprint density at radius 2 is 2.07 bits per heavy atom. The number of carbonyl (C=O) groups excluding carboxylic acids is 1. The van der Waals surface area contributed by atoms with Gasteiger partial charge in [0.2, 0.25) is 0 Å². The van der Waals surface area contributed by atoms with Crippen molar-refractivity contribution in [2.75, 3.05) is 13.2 Å². The standard InChI is InChI=1S/C22H21ClN2O3/c23-19-9-7-16(8-10-19)15-28-21-6-2-1-4-17(21)12-18(13-24)22(26)25-14-20-5-3-11-27-20/h1-2,4,6-10,12,20H,3,5,11,14-15H2,(H,25,26)/b18-12+. The number of benzene rings is 2. The smallest absolute Gasteiger partial charge is 0.262 e. The zero-order valence-corrected chi connectivity index (χ0v) is 16.1. The molecule has 1 unspecified atom stereocenters. The van der Waals surface area contributed by atoms with Crippen LogP contribution in [-0.2, 0) is 16.1 Å². The lowest BCUT2D eigenvalue weighted by atomic mass is 10.1. The van der Waals surface area contributed by atoms with Crippen molar-refractivity contribution in [2.45, 2.75) is 25.6 Å². The predicted molar refractivity (Wildman–Crippen MR) is 108 cm³/mol. The van der Waals surface area contributed by atoms with Crippen LogP contribution in [0.15, 0.2) is 54.1 Å². The lowest BCUT2D eigenvalue weighted by molar-refractivity contribution is -0.117. The maximum absolute atomic E-state index is 12.3. The van der Waals surface area contributed by atoms with Gasteiger partial charge in [-0.05, 0) is 42.7 Å². The average molecular weight is 397 g/mol. The van der Waals surface area contributed by atoms with Gasteiger partial charge in [-0.15, -0.1) is 0 Å². The summed E-state index contributed by atoms with van der Waals surface area (Å²) in [6, 6.07) is 16.6. The van der Waals surface area contributed by atoms with Crippen molar-refractivity contribution in [2.24, 2.45) is 0 Å². The first-order valence-corrected chi connectivity index (χ1v) is 9.51. The quantitative estimate of drug-likeness (QED) is 0.564. The second kappa shape index (κ2) is 9.93. The summed E-state index contributed by atoms with van der Waals surface area (Å²) in [6.07, 6.45) is 3.49. The van der Waals surface area contributed by atoms with E-state index in [9.17, 15) is 10.1 Å². The second-order valence-corrected chi connectivity index (χ2v) is 6.90. The average Bonchev–Trinajstić information content (AvgIpc) is 3.24. The van der Waals surface area contributed by atoms with Crippen molar-refractivity contribution >= 4 is 23.6 Å². The summed E-state index contributed by atoms with van der Waals surface area (Å²) in [5.41, 5.74) is 1.67. The highest BCUT2D eigenvalue weighted by Gasteiger charge is 2.18. The molecule has 1 heterocycles. The number of nitrogens with zero attached hydrogens (tertiary/aromatic N) is 1. The van der Waals surface area contributed by atoms with Crippen LogP contribution in [0, 0.1) is 11.3 Å². The van der Waals surface area contributed by atoms with E-state index in [1.54, 1.807) is 24.3 Å². The van der Waals surface area contributed by atoms with Gasteiger partial charge in [-0.1, -0.05) is 41.9 Å². The molecular formula is C22H21ClN2O3. The van der Waals surface area contributed by atoms with Gasteiger partial charge in [0.1, 0.15) is 24.0 Å². The van der Waals surface area contributed by atoms with Crippen molar-refractivity contribution in [3.63, 3.8) is 0 Å². The summed E-state index contributed by atoms with van der Waals surface area (Å²) in [5, 5.41) is 12.8. The molecule has 5 nitrogen and oxygen atoms in total. The monoisotopic (exact) mass is 396 g/mol. The second-order valence-electron chi connectivity index (χ2n) is 6.47. The fraction of sp³-hybridized carbons (Fsp3) is 0.273. The van der Waals surface area contributed by atoms with E-state index in [-0.39, 0.29) is 11.7 Å². The zero-order valence-electron chi connectivity index (χ0n) is 15.4. The van der Waals surface area contributed by atoms with E-state index in [0.717, 1.165) is 25.0 Å². The van der Waals surface area contributed by atoms with Crippen LogP contribution in [0.3, 0.4) is 0 Å². The molecule has 0 aromatic heterocycles. The van der Waals surface area contributed by atoms with E-state index in [1.807, 2.05) is 36.4 Å².